The van der Waals surface area contributed by atoms with Gasteiger partial charge in [0.15, 0.2) is 0 Å². The number of nitrogens with zero attached hydrogens (tertiary/aromatic N) is 3. The van der Waals surface area contributed by atoms with Crippen molar-refractivity contribution in [3.63, 3.8) is 0 Å². The highest BCUT2D eigenvalue weighted by Crippen LogP contribution is 2.38. The summed E-state index contributed by atoms with van der Waals surface area (Å²) in [7, 11) is 0. The predicted octanol–water partition coefficient (Wildman–Crippen LogP) is 0.796. The lowest BCUT2D eigenvalue weighted by Crippen LogP contribution is -2.56. The van der Waals surface area contributed by atoms with Crippen molar-refractivity contribution in [2.45, 2.75) is 44.2 Å². The number of urea groups is 1. The van der Waals surface area contributed by atoms with Gasteiger partial charge in [-0.2, -0.15) is 4.99 Å². The van der Waals surface area contributed by atoms with Gasteiger partial charge in [0.05, 0.1) is 0 Å². The molecule has 0 aromatic heterocycles. The largest absolute Gasteiger partial charge is 0.385 e. The van der Waals surface area contributed by atoms with Crippen LogP contribution in [0.3, 0.4) is 0 Å². The zero-order chi connectivity index (χ0) is 12.0. The molecule has 1 aliphatic carbocycles. The van der Waals surface area contributed by atoms with Gasteiger partial charge in [-0.3, -0.25) is 4.90 Å². The number of aliphatic imine (C=N–C) groups is 1. The molecule has 17 heavy (non-hydrogen) atoms. The van der Waals surface area contributed by atoms with E-state index in [9.17, 15) is 4.79 Å². The molecule has 2 heterocycles. The molecule has 2 fully saturated rings. The number of likely N-dealkylation sites (tertiary alicyclic amines) is 1. The monoisotopic (exact) mass is 236 g/mol. The van der Waals surface area contributed by atoms with Crippen LogP contribution in [0.25, 0.3) is 0 Å². The van der Waals surface area contributed by atoms with E-state index in [-0.39, 0.29) is 11.6 Å². The predicted molar refractivity (Wildman–Crippen MR) is 66.0 cm³/mol. The van der Waals surface area contributed by atoms with Crippen LogP contribution in [0.5, 0.6) is 0 Å². The van der Waals surface area contributed by atoms with Gasteiger partial charge in [-0.05, 0) is 25.7 Å². The Morgan fingerprint density at radius 3 is 2.94 bits per heavy atom. The van der Waals surface area contributed by atoms with E-state index in [1.54, 1.807) is 0 Å². The summed E-state index contributed by atoms with van der Waals surface area (Å²) < 4.78 is 0. The third kappa shape index (κ3) is 1.56. The Kier molecular flexibility index (Phi) is 2.40. The molecule has 1 unspecified atom stereocenters. The second-order valence-electron chi connectivity index (χ2n) is 5.41. The topological polar surface area (TPSA) is 61.9 Å². The highest BCUT2D eigenvalue weighted by Gasteiger charge is 2.53. The van der Waals surface area contributed by atoms with Crippen LogP contribution < -0.4 is 5.73 Å². The Hall–Kier alpha value is -1.10. The first-order valence-corrected chi connectivity index (χ1v) is 6.57. The van der Waals surface area contributed by atoms with Gasteiger partial charge in [0.25, 0.3) is 0 Å². The second-order valence-corrected chi connectivity index (χ2v) is 5.41. The molecule has 5 nitrogen and oxygen atoms in total. The molecule has 1 saturated heterocycles. The Bertz CT molecular complexity index is 377. The molecule has 3 aliphatic rings. The summed E-state index contributed by atoms with van der Waals surface area (Å²) in [4.78, 5) is 20.2. The molecule has 0 aromatic rings. The highest BCUT2D eigenvalue weighted by atomic mass is 16.2. The standard InChI is InChI=1S/C12H20N4O/c1-2-6-16-11(17)14-10(13)12(16)5-7-15(8-12)9-3-4-9/h9H,2-8H2,1H3,(H2,13,14,17). The number of amides is 2. The molecule has 5 heteroatoms. The SMILES string of the molecule is CCCN1C(=O)N=C(N)C12CCN(C1CC1)C2. The Morgan fingerprint density at radius 2 is 2.29 bits per heavy atom. The van der Waals surface area contributed by atoms with E-state index in [4.69, 9.17) is 5.73 Å². The van der Waals surface area contributed by atoms with Gasteiger partial charge < -0.3 is 10.6 Å². The van der Waals surface area contributed by atoms with Gasteiger partial charge in [-0.1, -0.05) is 6.92 Å². The zero-order valence-electron chi connectivity index (χ0n) is 10.4. The van der Waals surface area contributed by atoms with Crippen molar-refractivity contribution >= 4 is 11.9 Å². The molecule has 1 saturated carbocycles. The van der Waals surface area contributed by atoms with E-state index in [0.717, 1.165) is 38.5 Å². The quantitative estimate of drug-likeness (QED) is 0.788. The number of carbonyl (C=O) groups is 1. The van der Waals surface area contributed by atoms with E-state index < -0.39 is 0 Å². The van der Waals surface area contributed by atoms with Crippen LogP contribution >= 0.6 is 0 Å². The number of carbonyl (C=O) groups excluding carboxylic acids is 1. The van der Waals surface area contributed by atoms with Gasteiger partial charge in [0.1, 0.15) is 11.4 Å². The van der Waals surface area contributed by atoms with Crippen molar-refractivity contribution in [2.24, 2.45) is 10.7 Å². The second kappa shape index (κ2) is 3.70. The first-order valence-electron chi connectivity index (χ1n) is 6.57. The van der Waals surface area contributed by atoms with Crippen LogP contribution in [-0.2, 0) is 0 Å². The normalized spacial score (nSPS) is 33.8. The van der Waals surface area contributed by atoms with Crippen molar-refractivity contribution in [2.75, 3.05) is 19.6 Å². The summed E-state index contributed by atoms with van der Waals surface area (Å²) >= 11 is 0. The summed E-state index contributed by atoms with van der Waals surface area (Å²) in [5, 5.41) is 0. The maximum Gasteiger partial charge on any atom is 0.346 e. The first-order chi connectivity index (χ1) is 8.17. The van der Waals surface area contributed by atoms with E-state index in [2.05, 4.69) is 16.8 Å². The fourth-order valence-electron chi connectivity index (χ4n) is 3.13. The van der Waals surface area contributed by atoms with Crippen LogP contribution in [-0.4, -0.2) is 52.9 Å². The zero-order valence-corrected chi connectivity index (χ0v) is 10.4. The maximum absolute atomic E-state index is 11.9. The highest BCUT2D eigenvalue weighted by molar-refractivity contribution is 6.06. The summed E-state index contributed by atoms with van der Waals surface area (Å²) in [6.45, 7) is 4.79. The molecule has 0 bridgehead atoms. The van der Waals surface area contributed by atoms with Crippen molar-refractivity contribution in [3.8, 4) is 0 Å². The molecule has 1 atom stereocenters. The smallest absolute Gasteiger partial charge is 0.346 e. The molecule has 2 aliphatic heterocycles. The number of hydrogen-bond donors (Lipinski definition) is 1. The fourth-order valence-corrected chi connectivity index (χ4v) is 3.13. The summed E-state index contributed by atoms with van der Waals surface area (Å²) in [6, 6.07) is 0.600. The van der Waals surface area contributed by atoms with Crippen LogP contribution in [0.15, 0.2) is 4.99 Å². The fraction of sp³-hybridized carbons (Fsp3) is 0.833. The number of amidine groups is 1. The van der Waals surface area contributed by atoms with E-state index in [0.29, 0.717) is 5.84 Å². The lowest BCUT2D eigenvalue weighted by Gasteiger charge is -2.34. The van der Waals surface area contributed by atoms with Crippen LogP contribution in [0.2, 0.25) is 0 Å². The lowest BCUT2D eigenvalue weighted by atomic mass is 9.96. The molecule has 2 amide bonds. The van der Waals surface area contributed by atoms with Crippen LogP contribution in [0, 0.1) is 0 Å². The minimum Gasteiger partial charge on any atom is -0.385 e. The van der Waals surface area contributed by atoms with Crippen LogP contribution in [0.1, 0.15) is 32.6 Å². The number of nitrogens with two attached hydrogens (primary N) is 1. The van der Waals surface area contributed by atoms with Crippen LogP contribution in [0.4, 0.5) is 4.79 Å². The van der Waals surface area contributed by atoms with E-state index in [1.807, 2.05) is 4.90 Å². The third-order valence-electron chi connectivity index (χ3n) is 4.23. The lowest BCUT2D eigenvalue weighted by molar-refractivity contribution is 0.169. The molecule has 0 aromatic carbocycles. The molecule has 1 spiro atoms. The summed E-state index contributed by atoms with van der Waals surface area (Å²) in [6.07, 6.45) is 4.51. The maximum atomic E-state index is 11.9. The third-order valence-corrected chi connectivity index (χ3v) is 4.23. The van der Waals surface area contributed by atoms with Crippen molar-refractivity contribution < 1.29 is 4.79 Å². The molecule has 94 valence electrons. The van der Waals surface area contributed by atoms with Gasteiger partial charge in [-0.25, -0.2) is 4.79 Å². The average Bonchev–Trinajstić information content (AvgIpc) is 3.01. The summed E-state index contributed by atoms with van der Waals surface area (Å²) in [5.74, 6) is 0.541. The summed E-state index contributed by atoms with van der Waals surface area (Å²) in [5.41, 5.74) is 5.75. The Labute approximate surface area is 102 Å². The van der Waals surface area contributed by atoms with Crippen molar-refractivity contribution in [3.05, 3.63) is 0 Å². The molecular weight excluding hydrogens is 216 g/mol. The van der Waals surface area contributed by atoms with Crippen molar-refractivity contribution in [1.29, 1.82) is 0 Å². The van der Waals surface area contributed by atoms with Gasteiger partial charge in [0, 0.05) is 25.7 Å². The Morgan fingerprint density at radius 1 is 1.53 bits per heavy atom. The number of rotatable bonds is 3. The molecule has 0 radical (unpaired) electrons. The van der Waals surface area contributed by atoms with E-state index in [1.165, 1.54) is 12.8 Å². The number of hydrogen-bond acceptors (Lipinski definition) is 3. The van der Waals surface area contributed by atoms with Crippen molar-refractivity contribution in [1.82, 2.24) is 9.80 Å². The molecule has 2 N–H and O–H groups in total. The van der Waals surface area contributed by atoms with Gasteiger partial charge in [0.2, 0.25) is 0 Å². The Balaban J connectivity index is 1.83. The first kappa shape index (κ1) is 11.0. The van der Waals surface area contributed by atoms with E-state index >= 15 is 0 Å². The minimum absolute atomic E-state index is 0.137. The van der Waals surface area contributed by atoms with Gasteiger partial charge >= 0.3 is 6.03 Å². The molecule has 3 rings (SSSR count). The molecular formula is C12H20N4O. The average molecular weight is 236 g/mol. The van der Waals surface area contributed by atoms with Gasteiger partial charge in [-0.15, -0.1) is 0 Å². The minimum atomic E-state index is -0.282.